The summed E-state index contributed by atoms with van der Waals surface area (Å²) in [4.78, 5) is 34.1. The lowest BCUT2D eigenvalue weighted by atomic mass is 10.1. The first kappa shape index (κ1) is 18.0. The molecule has 1 aliphatic rings. The number of aromatic nitrogens is 2. The summed E-state index contributed by atoms with van der Waals surface area (Å²) in [6.07, 6.45) is 4.32. The van der Waals surface area contributed by atoms with Crippen molar-refractivity contribution in [1.82, 2.24) is 14.9 Å². The van der Waals surface area contributed by atoms with E-state index in [0.717, 1.165) is 49.4 Å². The molecule has 1 aromatic carbocycles. The second-order valence-electron chi connectivity index (χ2n) is 6.63. The zero-order chi connectivity index (χ0) is 18.5. The highest BCUT2D eigenvalue weighted by molar-refractivity contribution is 5.95. The summed E-state index contributed by atoms with van der Waals surface area (Å²) in [6, 6.07) is 7.35. The van der Waals surface area contributed by atoms with Gasteiger partial charge in [0.05, 0.1) is 0 Å². The van der Waals surface area contributed by atoms with Crippen LogP contribution in [-0.2, 0) is 4.79 Å². The fourth-order valence-electron chi connectivity index (χ4n) is 3.05. The Kier molecular flexibility index (Phi) is 5.61. The summed E-state index contributed by atoms with van der Waals surface area (Å²) in [5.41, 5.74) is 2.44. The maximum absolute atomic E-state index is 11.6. The molecular weight excluding hydrogens is 328 g/mol. The minimum absolute atomic E-state index is 0.0220. The quantitative estimate of drug-likeness (QED) is 0.612. The Bertz CT molecular complexity index is 819. The third-order valence-electron chi connectivity index (χ3n) is 4.57. The highest BCUT2D eigenvalue weighted by Gasteiger charge is 2.19. The Morgan fingerprint density at radius 3 is 2.92 bits per heavy atom. The molecule has 1 fully saturated rings. The van der Waals surface area contributed by atoms with Crippen LogP contribution in [0.5, 0.6) is 0 Å². The standard InChI is InChI=1S/C20H24N4O2/c1-14-13-22-20(17-7-3-6-16(12-17)15(2)25)23-19(14)21-9-5-11-24-10-4-8-18(24)26/h3,6-7,12-13H,4-5,8-11H2,1-2H3,(H,21,22,23). The average molecular weight is 352 g/mol. The molecule has 136 valence electrons. The van der Waals surface area contributed by atoms with Gasteiger partial charge in [0.25, 0.3) is 0 Å². The number of rotatable bonds is 7. The van der Waals surface area contributed by atoms with E-state index < -0.39 is 0 Å². The van der Waals surface area contributed by atoms with Crippen LogP contribution in [0.15, 0.2) is 30.5 Å². The van der Waals surface area contributed by atoms with Gasteiger partial charge in [0.2, 0.25) is 5.91 Å². The summed E-state index contributed by atoms with van der Waals surface area (Å²) in [5, 5.41) is 3.34. The lowest BCUT2D eigenvalue weighted by Crippen LogP contribution is -2.27. The van der Waals surface area contributed by atoms with Crippen LogP contribution in [0.2, 0.25) is 0 Å². The number of hydrogen-bond donors (Lipinski definition) is 1. The van der Waals surface area contributed by atoms with E-state index in [1.165, 1.54) is 0 Å². The molecule has 26 heavy (non-hydrogen) atoms. The molecule has 0 atom stereocenters. The van der Waals surface area contributed by atoms with Crippen LogP contribution >= 0.6 is 0 Å². The molecule has 2 aromatic rings. The molecule has 1 N–H and O–H groups in total. The van der Waals surface area contributed by atoms with Gasteiger partial charge < -0.3 is 10.2 Å². The highest BCUT2D eigenvalue weighted by Crippen LogP contribution is 2.20. The number of nitrogens with zero attached hydrogens (tertiary/aromatic N) is 3. The number of Topliss-reactive ketones (excluding diaryl/α,β-unsaturated/α-hetero) is 1. The van der Waals surface area contributed by atoms with Crippen LogP contribution in [0.3, 0.4) is 0 Å². The second kappa shape index (κ2) is 8.08. The largest absolute Gasteiger partial charge is 0.370 e. The molecule has 0 spiro atoms. The van der Waals surface area contributed by atoms with Gasteiger partial charge in [-0.05, 0) is 32.8 Å². The van der Waals surface area contributed by atoms with Crippen molar-refractivity contribution in [3.05, 3.63) is 41.6 Å². The predicted molar refractivity (Wildman–Crippen MR) is 101 cm³/mol. The number of carbonyl (C=O) groups is 2. The molecule has 1 aromatic heterocycles. The highest BCUT2D eigenvalue weighted by atomic mass is 16.2. The summed E-state index contributed by atoms with van der Waals surface area (Å²) < 4.78 is 0. The first-order valence-electron chi connectivity index (χ1n) is 9.01. The van der Waals surface area contributed by atoms with Gasteiger partial charge in [-0.1, -0.05) is 18.2 Å². The van der Waals surface area contributed by atoms with Crippen molar-refractivity contribution in [1.29, 1.82) is 0 Å². The molecule has 1 saturated heterocycles. The first-order valence-corrected chi connectivity index (χ1v) is 9.01. The lowest BCUT2D eigenvalue weighted by molar-refractivity contribution is -0.127. The molecule has 1 amide bonds. The van der Waals surface area contributed by atoms with E-state index in [9.17, 15) is 9.59 Å². The van der Waals surface area contributed by atoms with Gasteiger partial charge in [-0.2, -0.15) is 0 Å². The van der Waals surface area contributed by atoms with E-state index >= 15 is 0 Å². The first-order chi connectivity index (χ1) is 12.5. The van der Waals surface area contributed by atoms with E-state index in [2.05, 4.69) is 15.3 Å². The maximum Gasteiger partial charge on any atom is 0.222 e. The third-order valence-corrected chi connectivity index (χ3v) is 4.57. The topological polar surface area (TPSA) is 75.2 Å². The molecule has 0 saturated carbocycles. The Hall–Kier alpha value is -2.76. The monoisotopic (exact) mass is 352 g/mol. The van der Waals surface area contributed by atoms with E-state index in [-0.39, 0.29) is 11.7 Å². The fraction of sp³-hybridized carbons (Fsp3) is 0.400. The van der Waals surface area contributed by atoms with Crippen molar-refractivity contribution in [2.24, 2.45) is 0 Å². The van der Waals surface area contributed by atoms with Crippen LogP contribution in [-0.4, -0.2) is 46.2 Å². The van der Waals surface area contributed by atoms with Crippen LogP contribution in [0.1, 0.15) is 42.1 Å². The van der Waals surface area contributed by atoms with Gasteiger partial charge in [0.15, 0.2) is 11.6 Å². The molecule has 0 aliphatic carbocycles. The average Bonchev–Trinajstić information content (AvgIpc) is 3.05. The normalized spacial score (nSPS) is 13.9. The Balaban J connectivity index is 1.65. The van der Waals surface area contributed by atoms with E-state index in [1.54, 1.807) is 19.2 Å². The lowest BCUT2D eigenvalue weighted by Gasteiger charge is -2.16. The molecule has 3 rings (SSSR count). The maximum atomic E-state index is 11.6. The van der Waals surface area contributed by atoms with Crippen molar-refractivity contribution in [3.63, 3.8) is 0 Å². The second-order valence-corrected chi connectivity index (χ2v) is 6.63. The van der Waals surface area contributed by atoms with E-state index in [1.807, 2.05) is 30.0 Å². The summed E-state index contributed by atoms with van der Waals surface area (Å²) in [6.45, 7) is 5.91. The van der Waals surface area contributed by atoms with Crippen molar-refractivity contribution < 1.29 is 9.59 Å². The van der Waals surface area contributed by atoms with Gasteiger partial charge >= 0.3 is 0 Å². The van der Waals surface area contributed by atoms with Crippen LogP contribution in [0, 0.1) is 6.92 Å². The van der Waals surface area contributed by atoms with Gasteiger partial charge in [-0.15, -0.1) is 0 Å². The molecule has 0 radical (unpaired) electrons. The Morgan fingerprint density at radius 1 is 1.35 bits per heavy atom. The molecule has 0 bridgehead atoms. The van der Waals surface area contributed by atoms with Crippen molar-refractivity contribution in [3.8, 4) is 11.4 Å². The van der Waals surface area contributed by atoms with E-state index in [0.29, 0.717) is 17.8 Å². The number of benzene rings is 1. The van der Waals surface area contributed by atoms with Gasteiger partial charge in [0.1, 0.15) is 5.82 Å². The Morgan fingerprint density at radius 2 is 2.19 bits per heavy atom. The SMILES string of the molecule is CC(=O)c1cccc(-c2ncc(C)c(NCCCN3CCCC3=O)n2)c1. The van der Waals surface area contributed by atoms with E-state index in [4.69, 9.17) is 0 Å². The van der Waals surface area contributed by atoms with Crippen LogP contribution in [0.25, 0.3) is 11.4 Å². The number of anilines is 1. The van der Waals surface area contributed by atoms with Crippen molar-refractivity contribution in [2.75, 3.05) is 25.0 Å². The molecular formula is C20H24N4O2. The fourth-order valence-corrected chi connectivity index (χ4v) is 3.05. The minimum Gasteiger partial charge on any atom is -0.370 e. The number of nitrogens with one attached hydrogen (secondary N) is 1. The summed E-state index contributed by atoms with van der Waals surface area (Å²) in [7, 11) is 0. The van der Waals surface area contributed by atoms with Crippen LogP contribution < -0.4 is 5.32 Å². The van der Waals surface area contributed by atoms with Crippen molar-refractivity contribution >= 4 is 17.5 Å². The molecule has 2 heterocycles. The van der Waals surface area contributed by atoms with Gasteiger partial charge in [0, 0.05) is 48.9 Å². The van der Waals surface area contributed by atoms with Gasteiger partial charge in [-0.25, -0.2) is 9.97 Å². The third kappa shape index (κ3) is 4.25. The predicted octanol–water partition coefficient (Wildman–Crippen LogP) is 3.08. The molecule has 0 unspecified atom stereocenters. The number of carbonyl (C=O) groups excluding carboxylic acids is 2. The summed E-state index contributed by atoms with van der Waals surface area (Å²) in [5.74, 6) is 1.66. The smallest absolute Gasteiger partial charge is 0.222 e. The number of amides is 1. The van der Waals surface area contributed by atoms with Gasteiger partial charge in [-0.3, -0.25) is 9.59 Å². The molecule has 6 nitrogen and oxygen atoms in total. The molecule has 6 heteroatoms. The van der Waals surface area contributed by atoms with Crippen molar-refractivity contribution in [2.45, 2.75) is 33.1 Å². The summed E-state index contributed by atoms with van der Waals surface area (Å²) >= 11 is 0. The number of hydrogen-bond acceptors (Lipinski definition) is 5. The van der Waals surface area contributed by atoms with Crippen LogP contribution in [0.4, 0.5) is 5.82 Å². The number of likely N-dealkylation sites (tertiary alicyclic amines) is 1. The minimum atomic E-state index is 0.0220. The number of aryl methyl sites for hydroxylation is 1. The molecule has 1 aliphatic heterocycles. The zero-order valence-electron chi connectivity index (χ0n) is 15.3. The Labute approximate surface area is 153 Å². The zero-order valence-corrected chi connectivity index (χ0v) is 15.3. The number of ketones is 1.